The van der Waals surface area contributed by atoms with Gasteiger partial charge < -0.3 is 14.8 Å². The third kappa shape index (κ3) is 6.02. The maximum absolute atomic E-state index is 8.95. The van der Waals surface area contributed by atoms with E-state index in [0.717, 1.165) is 11.3 Å². The van der Waals surface area contributed by atoms with Gasteiger partial charge in [0.1, 0.15) is 5.75 Å². The van der Waals surface area contributed by atoms with Crippen molar-refractivity contribution in [3.05, 3.63) is 35.2 Å². The predicted octanol–water partition coefficient (Wildman–Crippen LogP) is 4.03. The Kier molecular flexibility index (Phi) is 9.23. The zero-order valence-corrected chi connectivity index (χ0v) is 14.3. The Morgan fingerprint density at radius 2 is 2.00 bits per heavy atom. The molecule has 0 aromatic heterocycles. The number of hydrogen-bond donors (Lipinski definition) is 1. The minimum Gasteiger partial charge on any atom is -0.496 e. The molecule has 0 saturated carbocycles. The summed E-state index contributed by atoms with van der Waals surface area (Å²) in [5.41, 5.74) is 2.35. The first kappa shape index (κ1) is 18.4. The van der Waals surface area contributed by atoms with Gasteiger partial charge in [0, 0.05) is 5.56 Å². The van der Waals surface area contributed by atoms with Crippen LogP contribution < -0.4 is 10.1 Å². The van der Waals surface area contributed by atoms with Gasteiger partial charge in [0.2, 0.25) is 0 Å². The number of hydrogen-bond acceptors (Lipinski definition) is 5. The normalized spacial score (nSPS) is 16.0. The Balaban J connectivity index is 0.000000541. The summed E-state index contributed by atoms with van der Waals surface area (Å²) < 4.78 is 9.26. The maximum atomic E-state index is 8.95. The molecule has 0 radical (unpaired) electrons. The molecule has 5 heteroatoms. The molecule has 2 rings (SSSR count). The van der Waals surface area contributed by atoms with Crippen molar-refractivity contribution in [2.75, 3.05) is 14.2 Å². The zero-order valence-electron chi connectivity index (χ0n) is 13.5. The van der Waals surface area contributed by atoms with Crippen LogP contribution in [0.3, 0.4) is 0 Å². The van der Waals surface area contributed by atoms with Crippen LogP contribution in [0.2, 0.25) is 0 Å². The van der Waals surface area contributed by atoms with Crippen LogP contribution in [-0.4, -0.2) is 26.1 Å². The fourth-order valence-electron chi connectivity index (χ4n) is 2.12. The van der Waals surface area contributed by atoms with Gasteiger partial charge in [0.15, 0.2) is 0 Å². The molecule has 0 amide bonds. The molecule has 0 saturated heterocycles. The zero-order chi connectivity index (χ0) is 16.2. The average molecular weight is 323 g/mol. The molecule has 1 N–H and O–H groups in total. The highest BCUT2D eigenvalue weighted by molar-refractivity contribution is 8.03. The van der Waals surface area contributed by atoms with E-state index in [1.54, 1.807) is 7.11 Å². The molecular formula is C17H25NO3S. The van der Waals surface area contributed by atoms with Crippen LogP contribution >= 0.6 is 11.8 Å². The lowest BCUT2D eigenvalue weighted by Gasteiger charge is -2.14. The first-order valence-corrected chi connectivity index (χ1v) is 8.43. The summed E-state index contributed by atoms with van der Waals surface area (Å²) in [4.78, 5) is 8.95. The molecule has 0 spiro atoms. The van der Waals surface area contributed by atoms with Gasteiger partial charge in [-0.05, 0) is 24.0 Å². The molecule has 1 heterocycles. The number of thioether (sulfide) groups is 1. The third-order valence-electron chi connectivity index (χ3n) is 3.23. The van der Waals surface area contributed by atoms with Crippen molar-refractivity contribution in [2.45, 2.75) is 38.0 Å². The summed E-state index contributed by atoms with van der Waals surface area (Å²) in [6.45, 7) is 2.62. The Hall–Kier alpha value is -1.62. The highest BCUT2D eigenvalue weighted by Gasteiger charge is 2.19. The second kappa shape index (κ2) is 11.0. The molecule has 1 unspecified atom stereocenters. The molecule has 1 aromatic rings. The van der Waals surface area contributed by atoms with Gasteiger partial charge in [-0.2, -0.15) is 0 Å². The lowest BCUT2D eigenvalue weighted by Crippen LogP contribution is -2.19. The van der Waals surface area contributed by atoms with Gasteiger partial charge in [-0.1, -0.05) is 38.3 Å². The van der Waals surface area contributed by atoms with E-state index in [9.17, 15) is 0 Å². The molecule has 1 atom stereocenters. The second-order valence-corrected chi connectivity index (χ2v) is 5.91. The van der Waals surface area contributed by atoms with Crippen molar-refractivity contribution in [1.29, 1.82) is 0 Å². The summed E-state index contributed by atoms with van der Waals surface area (Å²) in [6, 6.07) is 8.17. The number of carbonyl (C=O) groups is 1. The predicted molar refractivity (Wildman–Crippen MR) is 92.7 cm³/mol. The summed E-state index contributed by atoms with van der Waals surface area (Å²) in [5, 5.41) is 6.33. The largest absolute Gasteiger partial charge is 0.496 e. The number of methoxy groups -OCH3 is 2. The third-order valence-corrected chi connectivity index (χ3v) is 4.28. The van der Waals surface area contributed by atoms with Crippen LogP contribution in [0.1, 0.15) is 38.2 Å². The van der Waals surface area contributed by atoms with Crippen molar-refractivity contribution < 1.29 is 14.3 Å². The van der Waals surface area contributed by atoms with Gasteiger partial charge in [0.05, 0.1) is 25.3 Å². The van der Waals surface area contributed by atoms with E-state index in [0.29, 0.717) is 11.8 Å². The Morgan fingerprint density at radius 1 is 1.27 bits per heavy atom. The smallest absolute Gasteiger partial charge is 0.292 e. The lowest BCUT2D eigenvalue weighted by molar-refractivity contribution is -0.126. The fraction of sp³-hybridized carbons (Fsp3) is 0.471. The number of carbonyl (C=O) groups excluding carboxylic acids is 1. The fourth-order valence-corrected chi connectivity index (χ4v) is 3.11. The van der Waals surface area contributed by atoms with E-state index in [1.165, 1.54) is 38.5 Å². The molecular weight excluding hydrogens is 298 g/mol. The minimum atomic E-state index is 0.375. The number of ether oxygens (including phenoxy) is 2. The van der Waals surface area contributed by atoms with Crippen molar-refractivity contribution >= 4 is 23.9 Å². The first-order chi connectivity index (χ1) is 10.8. The monoisotopic (exact) mass is 323 g/mol. The van der Waals surface area contributed by atoms with Crippen LogP contribution in [0.5, 0.6) is 5.75 Å². The van der Waals surface area contributed by atoms with Crippen molar-refractivity contribution in [1.82, 2.24) is 5.32 Å². The van der Waals surface area contributed by atoms with E-state index in [2.05, 4.69) is 34.5 Å². The van der Waals surface area contributed by atoms with Crippen LogP contribution in [0.25, 0.3) is 5.70 Å². The topological polar surface area (TPSA) is 47.6 Å². The number of unbranched alkanes of at least 4 members (excludes halogenated alkanes) is 2. The summed E-state index contributed by atoms with van der Waals surface area (Å²) >= 11 is 1.89. The first-order valence-electron chi connectivity index (χ1n) is 7.48. The van der Waals surface area contributed by atoms with E-state index in [1.807, 2.05) is 23.9 Å². The number of para-hydroxylation sites is 1. The Labute approximate surface area is 137 Å². The van der Waals surface area contributed by atoms with E-state index in [-0.39, 0.29) is 0 Å². The van der Waals surface area contributed by atoms with Crippen molar-refractivity contribution in [3.63, 3.8) is 0 Å². The Morgan fingerprint density at radius 3 is 2.64 bits per heavy atom. The maximum Gasteiger partial charge on any atom is 0.292 e. The van der Waals surface area contributed by atoms with Gasteiger partial charge >= 0.3 is 0 Å². The van der Waals surface area contributed by atoms with E-state index in [4.69, 9.17) is 9.53 Å². The Bertz CT molecular complexity index is 477. The molecule has 22 heavy (non-hydrogen) atoms. The summed E-state index contributed by atoms with van der Waals surface area (Å²) in [7, 11) is 3.03. The lowest BCUT2D eigenvalue weighted by atomic mass is 10.1. The van der Waals surface area contributed by atoms with Crippen LogP contribution in [0, 0.1) is 0 Å². The molecule has 1 aliphatic rings. The van der Waals surface area contributed by atoms with E-state index < -0.39 is 0 Å². The van der Waals surface area contributed by atoms with Gasteiger partial charge in [-0.15, -0.1) is 11.8 Å². The van der Waals surface area contributed by atoms with Crippen molar-refractivity contribution in [3.8, 4) is 5.75 Å². The number of nitrogens with one attached hydrogen (secondary N) is 1. The van der Waals surface area contributed by atoms with Crippen LogP contribution in [-0.2, 0) is 9.53 Å². The molecule has 1 aromatic carbocycles. The molecule has 0 fully saturated rings. The number of rotatable bonds is 7. The highest BCUT2D eigenvalue weighted by Crippen LogP contribution is 2.33. The summed E-state index contributed by atoms with van der Waals surface area (Å²) in [6.07, 6.45) is 5.13. The van der Waals surface area contributed by atoms with Crippen molar-refractivity contribution in [2.24, 2.45) is 0 Å². The summed E-state index contributed by atoms with van der Waals surface area (Å²) in [5.74, 6) is 0.936. The minimum absolute atomic E-state index is 0.375. The average Bonchev–Trinajstić information content (AvgIpc) is 3.04. The van der Waals surface area contributed by atoms with Crippen LogP contribution in [0.15, 0.2) is 29.7 Å². The molecule has 122 valence electrons. The number of benzene rings is 1. The standard InChI is InChI=1S/C15H21NOS.C2H4O2/c1-3-4-5-10-15-16-13(11-18-15)12-8-6-7-9-14(12)17-2;1-4-2-3/h6-9,11,15-16H,3-5,10H2,1-2H3;2H,1H3. The van der Waals surface area contributed by atoms with Crippen LogP contribution in [0.4, 0.5) is 0 Å². The second-order valence-electron chi connectivity index (χ2n) is 4.83. The molecule has 0 bridgehead atoms. The SMILES string of the molecule is CCCCCC1NC(c2ccccc2OC)=CS1.COC=O. The van der Waals surface area contributed by atoms with Gasteiger partial charge in [0.25, 0.3) is 6.47 Å². The molecule has 0 aliphatic carbocycles. The molecule has 1 aliphatic heterocycles. The van der Waals surface area contributed by atoms with Gasteiger partial charge in [-0.25, -0.2) is 0 Å². The molecule has 4 nitrogen and oxygen atoms in total. The quantitative estimate of drug-likeness (QED) is 0.606. The van der Waals surface area contributed by atoms with E-state index >= 15 is 0 Å². The highest BCUT2D eigenvalue weighted by atomic mass is 32.2. The van der Waals surface area contributed by atoms with Gasteiger partial charge in [-0.3, -0.25) is 4.79 Å².